The molecule has 1 aromatic carbocycles. The van der Waals surface area contributed by atoms with Gasteiger partial charge in [-0.1, -0.05) is 13.8 Å². The third-order valence-electron chi connectivity index (χ3n) is 4.19. The van der Waals surface area contributed by atoms with Gasteiger partial charge in [-0.2, -0.15) is 5.10 Å². The summed E-state index contributed by atoms with van der Waals surface area (Å²) in [7, 11) is 0. The molecule has 0 unspecified atom stereocenters. The molecule has 2 heterocycles. The van der Waals surface area contributed by atoms with E-state index in [0.29, 0.717) is 34.6 Å². The molecular formula is C20H20FN3O4. The molecule has 0 aliphatic rings. The van der Waals surface area contributed by atoms with E-state index < -0.39 is 18.4 Å². The number of hydrogen-bond acceptors (Lipinski definition) is 5. The Labute approximate surface area is 160 Å². The molecule has 28 heavy (non-hydrogen) atoms. The highest BCUT2D eigenvalue weighted by Crippen LogP contribution is 2.23. The Balaban J connectivity index is 1.85. The number of carboxylic acids is 1. The third kappa shape index (κ3) is 4.33. The van der Waals surface area contributed by atoms with E-state index in [4.69, 9.17) is 9.84 Å². The maximum absolute atomic E-state index is 14.2. The van der Waals surface area contributed by atoms with Crippen molar-refractivity contribution in [3.63, 3.8) is 0 Å². The van der Waals surface area contributed by atoms with E-state index in [1.54, 1.807) is 18.3 Å². The van der Waals surface area contributed by atoms with Crippen LogP contribution in [0.1, 0.15) is 37.0 Å². The van der Waals surface area contributed by atoms with Crippen molar-refractivity contribution >= 4 is 22.8 Å². The number of pyridine rings is 1. The van der Waals surface area contributed by atoms with Gasteiger partial charge in [0, 0.05) is 29.6 Å². The maximum atomic E-state index is 14.2. The van der Waals surface area contributed by atoms with Crippen molar-refractivity contribution in [3.05, 3.63) is 48.0 Å². The maximum Gasteiger partial charge on any atom is 0.341 e. The van der Waals surface area contributed by atoms with Gasteiger partial charge in [-0.25, -0.2) is 18.9 Å². The SMILES string of the molecule is CC(C)CCC(=O)c1cnc2c(cnn2-c2ccc(OCC(=O)O)c(F)c2)c1. The Morgan fingerprint density at radius 3 is 2.71 bits per heavy atom. The van der Waals surface area contributed by atoms with Gasteiger partial charge in [-0.05, 0) is 30.5 Å². The van der Waals surface area contributed by atoms with Crippen molar-refractivity contribution in [3.8, 4) is 11.4 Å². The van der Waals surface area contributed by atoms with Crippen LogP contribution in [0, 0.1) is 11.7 Å². The summed E-state index contributed by atoms with van der Waals surface area (Å²) in [6.07, 6.45) is 4.34. The Kier molecular flexibility index (Phi) is 5.67. The summed E-state index contributed by atoms with van der Waals surface area (Å²) in [5.41, 5.74) is 1.41. The number of hydrogen-bond donors (Lipinski definition) is 1. The van der Waals surface area contributed by atoms with Crippen molar-refractivity contribution in [2.24, 2.45) is 5.92 Å². The number of benzene rings is 1. The lowest BCUT2D eigenvalue weighted by atomic mass is 10.0. The highest BCUT2D eigenvalue weighted by molar-refractivity contribution is 5.98. The Morgan fingerprint density at radius 2 is 2.04 bits per heavy atom. The summed E-state index contributed by atoms with van der Waals surface area (Å²) < 4.78 is 20.5. The molecule has 3 rings (SSSR count). The average molecular weight is 385 g/mol. The number of carboxylic acid groups (broad SMARTS) is 1. The fraction of sp³-hybridized carbons (Fsp3) is 0.300. The molecule has 0 fully saturated rings. The monoisotopic (exact) mass is 385 g/mol. The van der Waals surface area contributed by atoms with Gasteiger partial charge in [-0.15, -0.1) is 0 Å². The minimum absolute atomic E-state index is 0.0295. The van der Waals surface area contributed by atoms with Gasteiger partial charge < -0.3 is 9.84 Å². The molecule has 0 spiro atoms. The first-order chi connectivity index (χ1) is 13.3. The van der Waals surface area contributed by atoms with Crippen LogP contribution in [-0.2, 0) is 4.79 Å². The molecular weight excluding hydrogens is 365 g/mol. The molecule has 0 aliphatic carbocycles. The van der Waals surface area contributed by atoms with Crippen LogP contribution in [-0.4, -0.2) is 38.2 Å². The molecule has 8 heteroatoms. The van der Waals surface area contributed by atoms with Gasteiger partial charge in [0.05, 0.1) is 11.9 Å². The molecule has 0 radical (unpaired) electrons. The fourth-order valence-electron chi connectivity index (χ4n) is 2.70. The summed E-state index contributed by atoms with van der Waals surface area (Å²) in [5.74, 6) is -1.58. The first-order valence-corrected chi connectivity index (χ1v) is 8.86. The number of carbonyl (C=O) groups is 2. The highest BCUT2D eigenvalue weighted by Gasteiger charge is 2.14. The van der Waals surface area contributed by atoms with Crippen molar-refractivity contribution in [2.75, 3.05) is 6.61 Å². The van der Waals surface area contributed by atoms with E-state index in [1.165, 1.54) is 23.0 Å². The average Bonchev–Trinajstić information content (AvgIpc) is 3.08. The first-order valence-electron chi connectivity index (χ1n) is 8.86. The van der Waals surface area contributed by atoms with Crippen LogP contribution in [0.15, 0.2) is 36.7 Å². The van der Waals surface area contributed by atoms with Crippen LogP contribution in [0.2, 0.25) is 0 Å². The zero-order valence-electron chi connectivity index (χ0n) is 15.6. The minimum atomic E-state index is -1.19. The summed E-state index contributed by atoms with van der Waals surface area (Å²) in [5, 5.41) is 13.5. The lowest BCUT2D eigenvalue weighted by molar-refractivity contribution is -0.139. The molecule has 3 aromatic rings. The fourth-order valence-corrected chi connectivity index (χ4v) is 2.70. The molecule has 0 atom stereocenters. The van der Waals surface area contributed by atoms with Gasteiger partial charge in [0.1, 0.15) is 0 Å². The molecule has 0 saturated heterocycles. The van der Waals surface area contributed by atoms with Crippen molar-refractivity contribution in [1.82, 2.24) is 14.8 Å². The topological polar surface area (TPSA) is 94.3 Å². The molecule has 7 nitrogen and oxygen atoms in total. The van der Waals surface area contributed by atoms with E-state index in [1.807, 2.05) is 0 Å². The number of aromatic nitrogens is 3. The first kappa shape index (κ1) is 19.5. The predicted octanol–water partition coefficient (Wildman–Crippen LogP) is 3.64. The van der Waals surface area contributed by atoms with Crippen LogP contribution in [0.4, 0.5) is 4.39 Å². The zero-order valence-corrected chi connectivity index (χ0v) is 15.6. The molecule has 0 bridgehead atoms. The van der Waals surface area contributed by atoms with E-state index >= 15 is 0 Å². The van der Waals surface area contributed by atoms with E-state index in [-0.39, 0.29) is 11.5 Å². The normalized spacial score (nSPS) is 11.1. The third-order valence-corrected chi connectivity index (χ3v) is 4.19. The van der Waals surface area contributed by atoms with Crippen LogP contribution < -0.4 is 4.74 Å². The number of ether oxygens (including phenoxy) is 1. The lowest BCUT2D eigenvalue weighted by Crippen LogP contribution is -2.10. The number of carbonyl (C=O) groups excluding carboxylic acids is 1. The number of aliphatic carboxylic acids is 1. The van der Waals surface area contributed by atoms with E-state index in [9.17, 15) is 14.0 Å². The Hall–Kier alpha value is -3.29. The second kappa shape index (κ2) is 8.16. The van der Waals surface area contributed by atoms with Crippen LogP contribution in [0.3, 0.4) is 0 Å². The van der Waals surface area contributed by atoms with Crippen LogP contribution in [0.25, 0.3) is 16.7 Å². The highest BCUT2D eigenvalue weighted by atomic mass is 19.1. The summed E-state index contributed by atoms with van der Waals surface area (Å²) in [6.45, 7) is 3.50. The smallest absolute Gasteiger partial charge is 0.341 e. The second-order valence-corrected chi connectivity index (χ2v) is 6.85. The van der Waals surface area contributed by atoms with Crippen LogP contribution in [0.5, 0.6) is 5.75 Å². The molecule has 0 aliphatic heterocycles. The zero-order chi connectivity index (χ0) is 20.3. The summed E-state index contributed by atoms with van der Waals surface area (Å²) in [6, 6.07) is 5.81. The minimum Gasteiger partial charge on any atom is -0.479 e. The second-order valence-electron chi connectivity index (χ2n) is 6.85. The van der Waals surface area contributed by atoms with Crippen LogP contribution >= 0.6 is 0 Å². The van der Waals surface area contributed by atoms with Crippen molar-refractivity contribution in [1.29, 1.82) is 0 Å². The number of Topliss-reactive ketones (excluding diaryl/α,β-unsaturated/α-hetero) is 1. The van der Waals surface area contributed by atoms with Crippen molar-refractivity contribution < 1.29 is 23.8 Å². The van der Waals surface area contributed by atoms with Gasteiger partial charge >= 0.3 is 5.97 Å². The number of rotatable bonds is 8. The Morgan fingerprint density at radius 1 is 1.25 bits per heavy atom. The number of ketones is 1. The quantitative estimate of drug-likeness (QED) is 0.595. The number of nitrogens with zero attached hydrogens (tertiary/aromatic N) is 3. The number of halogens is 1. The standard InChI is InChI=1S/C20H20FN3O4/c1-12(2)3-5-17(25)13-7-14-10-23-24(20(14)22-9-13)15-4-6-18(16(21)8-15)28-11-19(26)27/h4,6-10,12H,3,5,11H2,1-2H3,(H,26,27). The lowest BCUT2D eigenvalue weighted by Gasteiger charge is -2.08. The molecule has 2 aromatic heterocycles. The molecule has 0 amide bonds. The Bertz CT molecular complexity index is 1030. The molecule has 1 N–H and O–H groups in total. The molecule has 0 saturated carbocycles. The summed E-state index contributed by atoms with van der Waals surface area (Å²) >= 11 is 0. The molecule has 146 valence electrons. The van der Waals surface area contributed by atoms with Gasteiger partial charge in [0.2, 0.25) is 0 Å². The largest absolute Gasteiger partial charge is 0.479 e. The van der Waals surface area contributed by atoms with E-state index in [2.05, 4.69) is 23.9 Å². The van der Waals surface area contributed by atoms with Crippen molar-refractivity contribution in [2.45, 2.75) is 26.7 Å². The van der Waals surface area contributed by atoms with Gasteiger partial charge in [-0.3, -0.25) is 4.79 Å². The van der Waals surface area contributed by atoms with E-state index in [0.717, 1.165) is 6.42 Å². The van der Waals surface area contributed by atoms with Gasteiger partial charge in [0.25, 0.3) is 0 Å². The number of fused-ring (bicyclic) bond motifs is 1. The predicted molar refractivity (Wildman–Crippen MR) is 100 cm³/mol. The summed E-state index contributed by atoms with van der Waals surface area (Å²) in [4.78, 5) is 27.2. The van der Waals surface area contributed by atoms with Gasteiger partial charge in [0.15, 0.2) is 29.6 Å².